The molecule has 3 atom stereocenters. The van der Waals surface area contributed by atoms with E-state index < -0.39 is 23.1 Å². The quantitative estimate of drug-likeness (QED) is 0.254. The van der Waals surface area contributed by atoms with Gasteiger partial charge in [0.15, 0.2) is 23.9 Å². The second-order valence-electron chi connectivity index (χ2n) is 8.10. The Balaban J connectivity index is 2.34. The van der Waals surface area contributed by atoms with E-state index in [1.165, 1.54) is 40.7 Å². The number of ether oxygens (including phenoxy) is 4. The molecule has 1 aliphatic rings. The van der Waals surface area contributed by atoms with Crippen molar-refractivity contribution in [3.8, 4) is 11.8 Å². The zero-order valence-corrected chi connectivity index (χ0v) is 20.8. The highest BCUT2D eigenvalue weighted by atomic mass is 16.6. The van der Waals surface area contributed by atoms with Gasteiger partial charge < -0.3 is 40.3 Å². The van der Waals surface area contributed by atoms with Crippen LogP contribution in [0.3, 0.4) is 0 Å². The smallest absolute Gasteiger partial charge is 0.334 e. The van der Waals surface area contributed by atoms with E-state index in [-0.39, 0.29) is 41.6 Å². The summed E-state index contributed by atoms with van der Waals surface area (Å²) < 4.78 is 22.9. The fourth-order valence-electron chi connectivity index (χ4n) is 4.19. The zero-order valence-electron chi connectivity index (χ0n) is 20.8. The van der Waals surface area contributed by atoms with Crippen LogP contribution in [-0.4, -0.2) is 67.5 Å². The minimum atomic E-state index is -2.35. The number of benzene rings is 1. The maximum Gasteiger partial charge on any atom is 0.334 e. The molecular weight excluding hydrogens is 480 g/mol. The van der Waals surface area contributed by atoms with Gasteiger partial charge in [0.25, 0.3) is 0 Å². The van der Waals surface area contributed by atoms with Crippen LogP contribution in [0.4, 0.5) is 11.8 Å². The molecule has 1 aliphatic carbocycles. The summed E-state index contributed by atoms with van der Waals surface area (Å²) in [5, 5.41) is 10.3. The molecule has 1 aromatic carbocycles. The van der Waals surface area contributed by atoms with Crippen LogP contribution >= 0.6 is 0 Å². The summed E-state index contributed by atoms with van der Waals surface area (Å²) in [6, 6.07) is 8.67. The first-order chi connectivity index (χ1) is 17.7. The third-order valence-corrected chi connectivity index (χ3v) is 6.08. The van der Waals surface area contributed by atoms with Crippen molar-refractivity contribution in [1.82, 2.24) is 9.97 Å². The Labute approximate surface area is 214 Å². The van der Waals surface area contributed by atoms with E-state index in [0.717, 1.165) is 0 Å². The Bertz CT molecular complexity index is 1300. The van der Waals surface area contributed by atoms with Crippen molar-refractivity contribution in [3.63, 3.8) is 0 Å². The second kappa shape index (κ2) is 11.1. The summed E-state index contributed by atoms with van der Waals surface area (Å²) in [5.74, 6) is 4.04. The first-order valence-electron chi connectivity index (χ1n) is 11.0. The number of nitrogen functional groups attached to an aromatic ring is 2. The average molecular weight is 509 g/mol. The third kappa shape index (κ3) is 4.97. The Kier molecular flexibility index (Phi) is 8.17. The number of methoxy groups -OCH3 is 4. The number of hydrogen-bond acceptors (Lipinski definition) is 10. The van der Waals surface area contributed by atoms with E-state index >= 15 is 0 Å². The van der Waals surface area contributed by atoms with Gasteiger partial charge in [-0.3, -0.25) is 0 Å². The summed E-state index contributed by atoms with van der Waals surface area (Å²) >= 11 is 0. The van der Waals surface area contributed by atoms with Gasteiger partial charge >= 0.3 is 5.97 Å². The van der Waals surface area contributed by atoms with Gasteiger partial charge in [-0.1, -0.05) is 30.0 Å². The van der Waals surface area contributed by atoms with Crippen molar-refractivity contribution >= 4 is 24.0 Å². The molecule has 0 spiro atoms. The molecule has 1 heterocycles. The molecule has 0 bridgehead atoms. The fraction of sp³-hybridized carbons (Fsp3) is 0.308. The molecular formula is C26H28N4O7. The molecule has 11 heteroatoms. The van der Waals surface area contributed by atoms with Gasteiger partial charge in [-0.2, -0.15) is 4.98 Å². The number of nitrogens with two attached hydrogens (primary N) is 2. The number of anilines is 2. The topological polar surface area (TPSA) is 169 Å². The molecule has 3 unspecified atom stereocenters. The van der Waals surface area contributed by atoms with E-state index in [0.29, 0.717) is 11.1 Å². The molecule has 3 rings (SSSR count). The number of carbonyl (C=O) groups excluding carboxylic acids is 1. The predicted octanol–water partition coefficient (Wildman–Crippen LogP) is 1.35. The van der Waals surface area contributed by atoms with Gasteiger partial charge in [-0.05, 0) is 18.2 Å². The molecule has 37 heavy (non-hydrogen) atoms. The molecule has 0 radical (unpaired) electrons. The third-order valence-electron chi connectivity index (χ3n) is 6.08. The van der Waals surface area contributed by atoms with Crippen molar-refractivity contribution in [2.24, 2.45) is 5.41 Å². The van der Waals surface area contributed by atoms with Crippen molar-refractivity contribution in [2.45, 2.75) is 18.1 Å². The minimum absolute atomic E-state index is 0.00213. The maximum atomic E-state index is 12.7. The number of rotatable bonds is 9. The highest BCUT2D eigenvalue weighted by Gasteiger charge is 2.54. The minimum Gasteiger partial charge on any atom is -0.494 e. The Morgan fingerprint density at radius 3 is 2.41 bits per heavy atom. The Morgan fingerprint density at radius 1 is 1.19 bits per heavy atom. The lowest BCUT2D eigenvalue weighted by Gasteiger charge is -2.42. The number of aliphatic carboxylic acids is 1. The lowest BCUT2D eigenvalue weighted by Crippen LogP contribution is -2.52. The van der Waals surface area contributed by atoms with Crippen molar-refractivity contribution in [1.29, 1.82) is 0 Å². The van der Waals surface area contributed by atoms with Gasteiger partial charge in [-0.15, -0.1) is 0 Å². The molecule has 194 valence electrons. The van der Waals surface area contributed by atoms with Crippen LogP contribution in [-0.2, 0) is 35.0 Å². The van der Waals surface area contributed by atoms with E-state index in [9.17, 15) is 14.7 Å². The number of nitrogens with zero attached hydrogens (tertiary/aromatic N) is 2. The van der Waals surface area contributed by atoms with E-state index in [1.807, 2.05) is 0 Å². The second-order valence-corrected chi connectivity index (χ2v) is 8.10. The van der Waals surface area contributed by atoms with Crippen LogP contribution < -0.4 is 11.5 Å². The van der Waals surface area contributed by atoms with Crippen LogP contribution in [0.1, 0.15) is 11.1 Å². The molecule has 0 aliphatic heterocycles. The van der Waals surface area contributed by atoms with E-state index in [1.54, 1.807) is 30.3 Å². The maximum absolute atomic E-state index is 12.7. The van der Waals surface area contributed by atoms with Crippen LogP contribution in [0, 0.1) is 17.3 Å². The van der Waals surface area contributed by atoms with Gasteiger partial charge in [0.05, 0.1) is 14.2 Å². The first kappa shape index (κ1) is 27.2. The molecule has 0 saturated carbocycles. The number of carboxylic acids is 1. The normalized spacial score (nSPS) is 20.6. The van der Waals surface area contributed by atoms with Crippen molar-refractivity contribution < 1.29 is 33.6 Å². The number of aromatic nitrogens is 2. The highest BCUT2D eigenvalue weighted by Crippen LogP contribution is 2.45. The van der Waals surface area contributed by atoms with E-state index in [2.05, 4.69) is 21.8 Å². The number of aldehydes is 1. The molecule has 0 amide bonds. The summed E-state index contributed by atoms with van der Waals surface area (Å²) in [6.45, 7) is 0. The predicted molar refractivity (Wildman–Crippen MR) is 134 cm³/mol. The molecule has 2 aromatic rings. The summed E-state index contributed by atoms with van der Waals surface area (Å²) in [7, 11) is 5.51. The molecule has 1 aromatic heterocycles. The van der Waals surface area contributed by atoms with Crippen LogP contribution in [0.2, 0.25) is 0 Å². The zero-order chi connectivity index (χ0) is 27.2. The largest absolute Gasteiger partial charge is 0.494 e. The van der Waals surface area contributed by atoms with Crippen LogP contribution in [0.15, 0.2) is 59.7 Å². The van der Waals surface area contributed by atoms with E-state index in [4.69, 9.17) is 30.4 Å². The van der Waals surface area contributed by atoms with Crippen molar-refractivity contribution in [2.75, 3.05) is 39.9 Å². The van der Waals surface area contributed by atoms with Gasteiger partial charge in [0, 0.05) is 43.5 Å². The summed E-state index contributed by atoms with van der Waals surface area (Å²) in [6.07, 6.45) is 2.18. The lowest BCUT2D eigenvalue weighted by atomic mass is 9.72. The Hall–Kier alpha value is -4.40. The van der Waals surface area contributed by atoms with Crippen LogP contribution in [0.5, 0.6) is 0 Å². The van der Waals surface area contributed by atoms with Gasteiger partial charge in [-0.25, -0.2) is 9.78 Å². The first-order valence-corrected chi connectivity index (χ1v) is 11.0. The van der Waals surface area contributed by atoms with Crippen LogP contribution in [0.25, 0.3) is 0 Å². The number of carboxylic acid groups (broad SMARTS) is 1. The molecule has 11 nitrogen and oxygen atoms in total. The summed E-state index contributed by atoms with van der Waals surface area (Å²) in [5.41, 5.74) is 8.78. The number of carbonyl (C=O) groups is 2. The Morgan fingerprint density at radius 2 is 1.89 bits per heavy atom. The molecule has 0 saturated heterocycles. The molecule has 5 N–H and O–H groups in total. The summed E-state index contributed by atoms with van der Waals surface area (Å²) in [4.78, 5) is 33.3. The average Bonchev–Trinajstić information content (AvgIpc) is 2.90. The number of hydrogen-bond donors (Lipinski definition) is 3. The monoisotopic (exact) mass is 508 g/mol. The van der Waals surface area contributed by atoms with Crippen molar-refractivity contribution in [3.05, 3.63) is 70.8 Å². The SMILES string of the molecule is COC1=C(OC)C(OC)C(Cc2cnc(N)nc2N)(OC)C=C1C(C#Cc1ccccc1)(C=O)C(=O)O. The standard InChI is InChI=1S/C26H28N4O7/c1-34-19-18(25(15-31,23(32)33)11-10-16-8-6-5-7-9-16)13-26(37-4,21(36-3)20(19)35-2)12-17-14-29-24(28)30-22(17)27/h5-9,13-15,21H,12H2,1-4H3,(H,32,33)(H4,27,28,29,30). The van der Waals surface area contributed by atoms with Gasteiger partial charge in [0.1, 0.15) is 11.4 Å². The van der Waals surface area contributed by atoms with Gasteiger partial charge in [0.2, 0.25) is 11.4 Å². The highest BCUT2D eigenvalue weighted by molar-refractivity contribution is 6.01. The fourth-order valence-corrected chi connectivity index (χ4v) is 4.19. The number of allylic oxidation sites excluding steroid dienone is 1. The lowest BCUT2D eigenvalue weighted by molar-refractivity contribution is -0.146. The molecule has 0 fully saturated rings.